The Morgan fingerprint density at radius 1 is 0.673 bits per heavy atom. The van der Waals surface area contributed by atoms with Gasteiger partial charge in [-0.25, -0.2) is 4.39 Å². The maximum atomic E-state index is 13.7. The zero-order chi connectivity index (χ0) is 35.7. The number of rotatable bonds is 5. The van der Waals surface area contributed by atoms with Gasteiger partial charge in [0, 0.05) is 37.2 Å². The molecule has 0 spiro atoms. The van der Waals surface area contributed by atoms with Gasteiger partial charge in [-0.15, -0.1) is 59.7 Å². The van der Waals surface area contributed by atoms with E-state index in [2.05, 4.69) is 130 Å². The van der Waals surface area contributed by atoms with Crippen LogP contribution < -0.4 is 5.19 Å². The Hall–Kier alpha value is -4.58. The van der Waals surface area contributed by atoms with Crippen molar-refractivity contribution in [2.75, 3.05) is 0 Å². The molecule has 0 saturated carbocycles. The molecule has 3 heterocycles. The van der Waals surface area contributed by atoms with Crippen molar-refractivity contribution >= 4 is 44.8 Å². The van der Waals surface area contributed by atoms with Crippen molar-refractivity contribution in [1.29, 1.82) is 0 Å². The number of thiophene rings is 1. The first-order valence-corrected chi connectivity index (χ1v) is 21.5. The fourth-order valence-electron chi connectivity index (χ4n) is 6.87. The first kappa shape index (κ1) is 37.2. The van der Waals surface area contributed by atoms with Crippen LogP contribution in [0.4, 0.5) is 4.39 Å². The summed E-state index contributed by atoms with van der Waals surface area (Å²) in [4.78, 5) is 9.36. The molecule has 0 saturated heterocycles. The van der Waals surface area contributed by atoms with Crippen LogP contribution in [-0.4, -0.2) is 18.0 Å². The van der Waals surface area contributed by atoms with E-state index in [1.165, 1.54) is 44.6 Å². The van der Waals surface area contributed by atoms with Crippen molar-refractivity contribution in [2.45, 2.75) is 40.4 Å². The maximum Gasteiger partial charge on any atom is 0.124 e. The van der Waals surface area contributed by atoms with Crippen LogP contribution in [0.1, 0.15) is 16.7 Å². The van der Waals surface area contributed by atoms with E-state index in [0.717, 1.165) is 48.3 Å². The van der Waals surface area contributed by atoms with E-state index in [1.54, 1.807) is 17.4 Å². The molecule has 1 radical (unpaired) electrons. The summed E-state index contributed by atoms with van der Waals surface area (Å²) in [5.41, 5.74) is 12.7. The number of benzene rings is 5. The van der Waals surface area contributed by atoms with Gasteiger partial charge in [0.05, 0.1) is 8.07 Å². The summed E-state index contributed by atoms with van der Waals surface area (Å²) in [6.45, 7) is 13.5. The third-order valence-electron chi connectivity index (χ3n) is 9.16. The van der Waals surface area contributed by atoms with Gasteiger partial charge in [0.1, 0.15) is 5.82 Å². The average molecular weight is 891 g/mol. The number of hydrogen-bond donors (Lipinski definition) is 0. The summed E-state index contributed by atoms with van der Waals surface area (Å²) in [5, 5.41) is 3.59. The second-order valence-corrected chi connectivity index (χ2v) is 20.1. The van der Waals surface area contributed by atoms with E-state index in [9.17, 15) is 4.39 Å². The van der Waals surface area contributed by atoms with Gasteiger partial charge >= 0.3 is 0 Å². The molecule has 0 amide bonds. The van der Waals surface area contributed by atoms with E-state index in [1.807, 2.05) is 42.6 Å². The van der Waals surface area contributed by atoms with Crippen LogP contribution >= 0.6 is 11.3 Å². The molecular weight excluding hydrogens is 852 g/mol. The van der Waals surface area contributed by atoms with Crippen LogP contribution in [0.2, 0.25) is 19.6 Å². The summed E-state index contributed by atoms with van der Waals surface area (Å²) in [6, 6.07) is 45.1. The smallest absolute Gasteiger partial charge is 0.124 e. The number of aromatic nitrogens is 2. The molecule has 3 aromatic heterocycles. The molecule has 0 unspecified atom stereocenters. The van der Waals surface area contributed by atoms with Gasteiger partial charge in [0.25, 0.3) is 0 Å². The molecule has 52 heavy (non-hydrogen) atoms. The predicted octanol–water partition coefficient (Wildman–Crippen LogP) is 12.4. The fraction of sp³-hybridized carbons (Fsp3) is 0.130. The third kappa shape index (κ3) is 7.77. The van der Waals surface area contributed by atoms with Gasteiger partial charge < -0.3 is 9.97 Å². The zero-order valence-corrected chi connectivity index (χ0v) is 34.3. The topological polar surface area (TPSA) is 25.8 Å². The van der Waals surface area contributed by atoms with E-state index in [0.29, 0.717) is 0 Å². The van der Waals surface area contributed by atoms with Gasteiger partial charge in [-0.2, -0.15) is 11.3 Å². The van der Waals surface area contributed by atoms with Crippen LogP contribution in [0.15, 0.2) is 128 Å². The van der Waals surface area contributed by atoms with Gasteiger partial charge in [0.15, 0.2) is 0 Å². The molecule has 2 nitrogen and oxygen atoms in total. The molecule has 6 heteroatoms. The van der Waals surface area contributed by atoms with E-state index < -0.39 is 8.07 Å². The van der Waals surface area contributed by atoms with Crippen molar-refractivity contribution in [3.63, 3.8) is 0 Å². The molecule has 261 valence electrons. The van der Waals surface area contributed by atoms with Gasteiger partial charge in [0.2, 0.25) is 0 Å². The molecule has 0 N–H and O–H groups in total. The predicted molar refractivity (Wildman–Crippen MR) is 218 cm³/mol. The van der Waals surface area contributed by atoms with Gasteiger partial charge in [-0.05, 0) is 99.0 Å². The largest absolute Gasteiger partial charge is 0.305 e. The zero-order valence-electron chi connectivity index (χ0n) is 30.1. The molecule has 8 aromatic rings. The van der Waals surface area contributed by atoms with Crippen LogP contribution in [-0.2, 0) is 20.1 Å². The molecule has 0 atom stereocenters. The van der Waals surface area contributed by atoms with Gasteiger partial charge in [-0.1, -0.05) is 91.3 Å². The van der Waals surface area contributed by atoms with Crippen LogP contribution in [0.25, 0.3) is 64.9 Å². The number of nitrogens with zero attached hydrogens (tertiary/aromatic N) is 2. The van der Waals surface area contributed by atoms with E-state index >= 15 is 0 Å². The minimum absolute atomic E-state index is 0. The molecule has 0 bridgehead atoms. The van der Waals surface area contributed by atoms with Crippen LogP contribution in [0.5, 0.6) is 0 Å². The minimum atomic E-state index is -1.46. The number of fused-ring (bicyclic) bond motifs is 3. The first-order valence-electron chi connectivity index (χ1n) is 17.2. The first-order chi connectivity index (χ1) is 24.6. The minimum Gasteiger partial charge on any atom is -0.305 e. The van der Waals surface area contributed by atoms with Crippen molar-refractivity contribution in [1.82, 2.24) is 9.97 Å². The summed E-state index contributed by atoms with van der Waals surface area (Å²) < 4.78 is 15.8. The third-order valence-corrected chi connectivity index (χ3v) is 12.4. The molecule has 0 aliphatic carbocycles. The van der Waals surface area contributed by atoms with Crippen molar-refractivity contribution in [3.8, 4) is 44.8 Å². The Balaban J connectivity index is 0.000000182. The Labute approximate surface area is 324 Å². The number of aryl methyl sites for hydroxylation is 3. The average Bonchev–Trinajstić information content (AvgIpc) is 3.49. The number of halogens is 1. The van der Waals surface area contributed by atoms with Crippen molar-refractivity contribution in [3.05, 3.63) is 162 Å². The van der Waals surface area contributed by atoms with Gasteiger partial charge in [-0.3, -0.25) is 0 Å². The standard InChI is InChI=1S/C26H19FNS.C20H20NSi.Ir/c1-15-11-16(2)25(17(3)12-15)18-9-10-28-23(13-18)22-6-4-5-21-20-8-7-19(27)14-24(20)29-26(21)22;1-22(2,3)20-15-21-19(17-12-8-5-9-13-17)14-18(20)16-10-6-4-7-11-16;/h4-5,7-14H,1-3H3;4-12,14-15H,1-3H3;/q2*-1;. The second kappa shape index (κ2) is 15.6. The molecule has 0 aliphatic rings. The van der Waals surface area contributed by atoms with Crippen molar-refractivity contribution in [2.24, 2.45) is 0 Å². The summed E-state index contributed by atoms with van der Waals surface area (Å²) in [7, 11) is -1.46. The number of pyridine rings is 2. The molecule has 5 aromatic carbocycles. The summed E-state index contributed by atoms with van der Waals surface area (Å²) in [6.07, 6.45) is 3.94. The summed E-state index contributed by atoms with van der Waals surface area (Å²) >= 11 is 1.60. The fourth-order valence-corrected chi connectivity index (χ4v) is 9.58. The Kier molecular flexibility index (Phi) is 11.1. The Morgan fingerprint density at radius 2 is 1.42 bits per heavy atom. The monoisotopic (exact) mass is 891 g/mol. The maximum absolute atomic E-state index is 13.7. The van der Waals surface area contributed by atoms with E-state index in [4.69, 9.17) is 4.98 Å². The summed E-state index contributed by atoms with van der Waals surface area (Å²) in [5.74, 6) is -0.208. The van der Waals surface area contributed by atoms with Crippen LogP contribution in [0.3, 0.4) is 0 Å². The molecule has 0 aliphatic heterocycles. The molecule has 0 fully saturated rings. The molecular formula is C46H39FIrN2SSi-2. The van der Waals surface area contributed by atoms with Crippen molar-refractivity contribution < 1.29 is 24.5 Å². The Morgan fingerprint density at radius 3 is 2.13 bits per heavy atom. The Bertz CT molecular complexity index is 2480. The molecule has 8 rings (SSSR count). The number of hydrogen-bond acceptors (Lipinski definition) is 3. The quantitative estimate of drug-likeness (QED) is 0.127. The second-order valence-electron chi connectivity index (χ2n) is 14.0. The SMILES string of the molecule is C[Si](C)(C)c1cnc(-c2[c-]cccc2)cc1-c1ccccc1.Cc1cc(C)c(-c2ccnc(-c3[c-]ccc4c3sc3cc(F)ccc34)c2)c(C)c1.[Ir]. The van der Waals surface area contributed by atoms with E-state index in [-0.39, 0.29) is 25.9 Å². The van der Waals surface area contributed by atoms with Crippen LogP contribution in [0, 0.1) is 38.7 Å². The normalized spacial score (nSPS) is 11.2.